The normalized spacial score (nSPS) is 11.7. The summed E-state index contributed by atoms with van der Waals surface area (Å²) in [6.45, 7) is 23.4. The molecule has 5 aromatic carbocycles. The minimum absolute atomic E-state index is 0.861. The average Bonchev–Trinajstić information content (AvgIpc) is 3.09. The molecule has 0 fully saturated rings. The molecule has 0 bridgehead atoms. The Morgan fingerprint density at radius 2 is 1.16 bits per heavy atom. The maximum atomic E-state index is 5.14. The SMILES string of the molecule is C=Cc1c(-c2ccc3cc/c(=C/C=C\C)c(=C)c3n2)ccc(-c2c(C=C)c(C=C)c(-c3ccccc3)c3ccccc23)c1C=C. The van der Waals surface area contributed by atoms with Crippen LogP contribution in [0.25, 0.3) is 92.1 Å². The maximum Gasteiger partial charge on any atom is 0.0781 e. The zero-order chi connectivity index (χ0) is 31.5. The van der Waals surface area contributed by atoms with Crippen molar-refractivity contribution in [2.24, 2.45) is 0 Å². The number of benzene rings is 5. The molecule has 0 aliphatic heterocycles. The predicted octanol–water partition coefficient (Wildman–Crippen LogP) is 10.7. The zero-order valence-corrected chi connectivity index (χ0v) is 25.7. The average molecular weight is 578 g/mol. The molecule has 1 heteroatoms. The molecule has 0 saturated heterocycles. The molecule has 1 nitrogen and oxygen atoms in total. The standard InChI is InChI=1S/C44H35N/c1-7-12-18-30-23-24-32-25-28-41(45-44(32)29(30)6)37-26-27-40(34(9-3)33(37)8-2)43-36(11-5)35(10-4)42(31-19-14-13-15-20-31)38-21-16-17-22-39(38)43/h7-28H,2-6H2,1H3/b12-7-,30-18-. The van der Waals surface area contributed by atoms with Crippen LogP contribution < -0.4 is 10.4 Å². The van der Waals surface area contributed by atoms with E-state index in [4.69, 9.17) is 4.98 Å². The van der Waals surface area contributed by atoms with Crippen LogP contribution in [0.2, 0.25) is 0 Å². The van der Waals surface area contributed by atoms with E-state index in [0.717, 1.165) is 87.9 Å². The third-order valence-corrected chi connectivity index (χ3v) is 8.48. The summed E-state index contributed by atoms with van der Waals surface area (Å²) in [6, 6.07) is 31.7. The summed E-state index contributed by atoms with van der Waals surface area (Å²) >= 11 is 0. The van der Waals surface area contributed by atoms with Crippen molar-refractivity contribution in [1.29, 1.82) is 0 Å². The lowest BCUT2D eigenvalue weighted by atomic mass is 9.81. The number of hydrogen-bond donors (Lipinski definition) is 0. The molecule has 0 N–H and O–H groups in total. The van der Waals surface area contributed by atoms with Crippen molar-refractivity contribution in [2.45, 2.75) is 6.92 Å². The summed E-state index contributed by atoms with van der Waals surface area (Å²) in [6.07, 6.45) is 13.8. The number of rotatable bonds is 8. The Hall–Kier alpha value is -5.79. The first-order valence-corrected chi connectivity index (χ1v) is 15.1. The molecule has 1 aromatic heterocycles. The molecule has 0 aliphatic carbocycles. The Labute approximate surface area is 265 Å². The third kappa shape index (κ3) is 4.99. The molecular weight excluding hydrogens is 542 g/mol. The van der Waals surface area contributed by atoms with Crippen LogP contribution in [0.3, 0.4) is 0 Å². The van der Waals surface area contributed by atoms with Gasteiger partial charge >= 0.3 is 0 Å². The van der Waals surface area contributed by atoms with Crippen molar-refractivity contribution in [3.05, 3.63) is 162 Å². The van der Waals surface area contributed by atoms with E-state index in [-0.39, 0.29) is 0 Å². The highest BCUT2D eigenvalue weighted by Crippen LogP contribution is 2.45. The van der Waals surface area contributed by atoms with Crippen molar-refractivity contribution < 1.29 is 0 Å². The minimum Gasteiger partial charge on any atom is -0.247 e. The van der Waals surface area contributed by atoms with E-state index < -0.39 is 0 Å². The van der Waals surface area contributed by atoms with Crippen molar-refractivity contribution in [2.75, 3.05) is 0 Å². The van der Waals surface area contributed by atoms with Gasteiger partial charge in [-0.2, -0.15) is 0 Å². The molecule has 0 atom stereocenters. The van der Waals surface area contributed by atoms with E-state index in [0.29, 0.717) is 0 Å². The molecule has 0 amide bonds. The summed E-state index contributed by atoms with van der Waals surface area (Å²) in [5, 5.41) is 5.31. The largest absolute Gasteiger partial charge is 0.247 e. The summed E-state index contributed by atoms with van der Waals surface area (Å²) < 4.78 is 0. The second-order valence-corrected chi connectivity index (χ2v) is 10.9. The van der Waals surface area contributed by atoms with Gasteiger partial charge in [-0.05, 0) is 73.5 Å². The van der Waals surface area contributed by atoms with Gasteiger partial charge in [0, 0.05) is 16.2 Å². The molecule has 1 heterocycles. The molecule has 0 unspecified atom stereocenters. The fourth-order valence-corrected chi connectivity index (χ4v) is 6.40. The van der Waals surface area contributed by atoms with Gasteiger partial charge in [-0.15, -0.1) is 0 Å². The quantitative estimate of drug-likeness (QED) is 0.175. The number of allylic oxidation sites excluding steroid dienone is 2. The highest BCUT2D eigenvalue weighted by Gasteiger charge is 2.22. The minimum atomic E-state index is 0.861. The van der Waals surface area contributed by atoms with Crippen LogP contribution in [-0.4, -0.2) is 4.98 Å². The van der Waals surface area contributed by atoms with E-state index in [1.165, 1.54) is 0 Å². The fourth-order valence-electron chi connectivity index (χ4n) is 6.40. The molecule has 6 rings (SSSR count). The lowest BCUT2D eigenvalue weighted by Gasteiger charge is -2.22. The molecule has 0 radical (unpaired) electrons. The van der Waals surface area contributed by atoms with E-state index in [1.54, 1.807) is 0 Å². The number of nitrogens with zero attached hydrogens (tertiary/aromatic N) is 1. The second kappa shape index (κ2) is 12.4. The summed E-state index contributed by atoms with van der Waals surface area (Å²) in [5.41, 5.74) is 11.2. The predicted molar refractivity (Wildman–Crippen MR) is 200 cm³/mol. The molecule has 45 heavy (non-hydrogen) atoms. The number of aromatic nitrogens is 1. The summed E-state index contributed by atoms with van der Waals surface area (Å²) in [4.78, 5) is 5.14. The van der Waals surface area contributed by atoms with Crippen molar-refractivity contribution in [3.63, 3.8) is 0 Å². The van der Waals surface area contributed by atoms with Gasteiger partial charge in [0.1, 0.15) is 0 Å². The van der Waals surface area contributed by atoms with Gasteiger partial charge in [0.15, 0.2) is 0 Å². The topological polar surface area (TPSA) is 12.9 Å². The van der Waals surface area contributed by atoms with E-state index in [1.807, 2.05) is 49.4 Å². The van der Waals surface area contributed by atoms with E-state index in [2.05, 4.69) is 124 Å². The Bertz CT molecular complexity index is 2300. The Kier molecular flexibility index (Phi) is 8.10. The molecule has 216 valence electrons. The van der Waals surface area contributed by atoms with Crippen molar-refractivity contribution in [1.82, 2.24) is 4.98 Å². The molecule has 0 saturated carbocycles. The number of pyridine rings is 1. The third-order valence-electron chi connectivity index (χ3n) is 8.48. The van der Waals surface area contributed by atoms with Crippen LogP contribution in [0.15, 0.2) is 129 Å². The van der Waals surface area contributed by atoms with E-state index >= 15 is 0 Å². The smallest absolute Gasteiger partial charge is 0.0781 e. The molecule has 0 aliphatic rings. The fraction of sp³-hybridized carbons (Fsp3) is 0.0227. The number of hydrogen-bond acceptors (Lipinski definition) is 1. The van der Waals surface area contributed by atoms with Gasteiger partial charge < -0.3 is 0 Å². The van der Waals surface area contributed by atoms with Crippen LogP contribution in [0.1, 0.15) is 29.2 Å². The van der Waals surface area contributed by atoms with Gasteiger partial charge in [0.05, 0.1) is 11.2 Å². The lowest BCUT2D eigenvalue weighted by molar-refractivity contribution is 1.37. The van der Waals surface area contributed by atoms with E-state index in [9.17, 15) is 0 Å². The van der Waals surface area contributed by atoms with Gasteiger partial charge in [0.2, 0.25) is 0 Å². The van der Waals surface area contributed by atoms with Crippen LogP contribution in [0, 0.1) is 0 Å². The van der Waals surface area contributed by atoms with Gasteiger partial charge in [-0.1, -0.05) is 160 Å². The first-order valence-electron chi connectivity index (χ1n) is 15.1. The van der Waals surface area contributed by atoms with Crippen LogP contribution >= 0.6 is 0 Å². The summed E-state index contributed by atoms with van der Waals surface area (Å²) in [5.74, 6) is 0. The van der Waals surface area contributed by atoms with Gasteiger partial charge in [-0.25, -0.2) is 4.98 Å². The Balaban J connectivity index is 1.65. The molecule has 0 spiro atoms. The van der Waals surface area contributed by atoms with Crippen molar-refractivity contribution >= 4 is 58.6 Å². The number of fused-ring (bicyclic) bond motifs is 2. The highest BCUT2D eigenvalue weighted by molar-refractivity contribution is 6.13. The van der Waals surface area contributed by atoms with Crippen LogP contribution in [0.4, 0.5) is 0 Å². The molecular formula is C44H35N. The Morgan fingerprint density at radius 1 is 0.578 bits per heavy atom. The van der Waals surface area contributed by atoms with Gasteiger partial charge in [-0.3, -0.25) is 0 Å². The van der Waals surface area contributed by atoms with Gasteiger partial charge in [0.25, 0.3) is 0 Å². The first kappa shape index (κ1) is 29.3. The zero-order valence-electron chi connectivity index (χ0n) is 25.7. The van der Waals surface area contributed by atoms with Crippen LogP contribution in [0.5, 0.6) is 0 Å². The molecule has 6 aromatic rings. The monoisotopic (exact) mass is 577 g/mol. The van der Waals surface area contributed by atoms with Crippen molar-refractivity contribution in [3.8, 4) is 33.5 Å². The Morgan fingerprint density at radius 3 is 1.82 bits per heavy atom. The summed E-state index contributed by atoms with van der Waals surface area (Å²) in [7, 11) is 0. The maximum absolute atomic E-state index is 5.14. The second-order valence-electron chi connectivity index (χ2n) is 10.9. The van der Waals surface area contributed by atoms with Crippen LogP contribution in [-0.2, 0) is 0 Å². The first-order chi connectivity index (χ1) is 22.1. The highest BCUT2D eigenvalue weighted by atomic mass is 14.7. The lowest BCUT2D eigenvalue weighted by Crippen LogP contribution is -2.24.